The number of hydrogen-bond donors (Lipinski definition) is 1. The number of anilines is 1. The summed E-state index contributed by atoms with van der Waals surface area (Å²) in [6, 6.07) is 14.9. The van der Waals surface area contributed by atoms with Gasteiger partial charge in [0.25, 0.3) is 10.0 Å². The van der Waals surface area contributed by atoms with E-state index in [9.17, 15) is 8.42 Å². The second-order valence-corrected chi connectivity index (χ2v) is 9.20. The molecule has 7 heteroatoms. The minimum Gasteiger partial charge on any atom is -0.279 e. The lowest BCUT2D eigenvalue weighted by Crippen LogP contribution is -2.14. The Morgan fingerprint density at radius 1 is 1.07 bits per heavy atom. The minimum absolute atomic E-state index is 0.185. The maximum absolute atomic E-state index is 13.3. The normalized spacial score (nSPS) is 15.1. The van der Waals surface area contributed by atoms with E-state index in [0.29, 0.717) is 22.0 Å². The predicted octanol–water partition coefficient (Wildman–Crippen LogP) is 5.43. The highest BCUT2D eigenvalue weighted by Crippen LogP contribution is 2.34. The number of nitrogens with one attached hydrogen (secondary N) is 1. The monoisotopic (exact) mass is 415 g/mol. The van der Waals surface area contributed by atoms with Crippen molar-refractivity contribution in [1.82, 2.24) is 9.78 Å². The largest absolute Gasteiger partial charge is 0.279 e. The summed E-state index contributed by atoms with van der Waals surface area (Å²) < 4.78 is 31.1. The molecule has 0 spiro atoms. The van der Waals surface area contributed by atoms with Crippen molar-refractivity contribution in [2.45, 2.75) is 43.5 Å². The molecule has 1 heterocycles. The van der Waals surface area contributed by atoms with E-state index in [1.54, 1.807) is 31.3 Å². The molecule has 0 bridgehead atoms. The second-order valence-electron chi connectivity index (χ2n) is 7.14. The summed E-state index contributed by atoms with van der Waals surface area (Å²) in [4.78, 5) is 0.185. The van der Waals surface area contributed by atoms with Gasteiger partial charge in [0.1, 0.15) is 10.6 Å². The van der Waals surface area contributed by atoms with Gasteiger partial charge >= 0.3 is 0 Å². The molecule has 0 amide bonds. The molecule has 1 aromatic heterocycles. The van der Waals surface area contributed by atoms with Crippen LogP contribution in [-0.4, -0.2) is 18.2 Å². The second kappa shape index (κ2) is 7.60. The molecule has 0 aliphatic heterocycles. The molecule has 1 N–H and O–H groups in total. The zero-order chi connectivity index (χ0) is 19.7. The van der Waals surface area contributed by atoms with E-state index >= 15 is 0 Å². The molecule has 3 aromatic rings. The van der Waals surface area contributed by atoms with Crippen molar-refractivity contribution in [2.24, 2.45) is 0 Å². The van der Waals surface area contributed by atoms with Gasteiger partial charge in [-0.2, -0.15) is 5.10 Å². The van der Waals surface area contributed by atoms with Crippen molar-refractivity contribution in [3.05, 3.63) is 65.3 Å². The van der Waals surface area contributed by atoms with Gasteiger partial charge < -0.3 is 0 Å². The van der Waals surface area contributed by atoms with Crippen LogP contribution in [0.3, 0.4) is 0 Å². The third-order valence-electron chi connectivity index (χ3n) is 5.25. The van der Waals surface area contributed by atoms with Gasteiger partial charge in [-0.1, -0.05) is 60.8 Å². The van der Waals surface area contributed by atoms with Crippen molar-refractivity contribution in [3.8, 4) is 11.3 Å². The molecule has 0 atom stereocenters. The molecule has 0 saturated heterocycles. The fraction of sp³-hybridized carbons (Fsp3) is 0.286. The first-order valence-corrected chi connectivity index (χ1v) is 11.2. The maximum Gasteiger partial charge on any atom is 0.265 e. The number of rotatable bonds is 5. The van der Waals surface area contributed by atoms with Crippen molar-refractivity contribution in [2.75, 3.05) is 4.72 Å². The van der Waals surface area contributed by atoms with E-state index in [4.69, 9.17) is 11.6 Å². The third-order valence-corrected chi connectivity index (χ3v) is 7.02. The number of benzene rings is 2. The summed E-state index contributed by atoms with van der Waals surface area (Å²) in [5.41, 5.74) is 2.42. The van der Waals surface area contributed by atoms with Crippen molar-refractivity contribution in [3.63, 3.8) is 0 Å². The minimum atomic E-state index is -3.83. The summed E-state index contributed by atoms with van der Waals surface area (Å²) in [5.74, 6) is 0. The average Bonchev–Trinajstić information content (AvgIpc) is 3.36. The number of aromatic nitrogens is 2. The molecule has 0 unspecified atom stereocenters. The van der Waals surface area contributed by atoms with Gasteiger partial charge in [0.15, 0.2) is 0 Å². The van der Waals surface area contributed by atoms with Crippen LogP contribution in [0.15, 0.2) is 59.6 Å². The first kappa shape index (κ1) is 19.0. The zero-order valence-electron chi connectivity index (χ0n) is 15.6. The lowest BCUT2D eigenvalue weighted by Gasteiger charge is -2.11. The molecular formula is C21H22ClN3O2S. The van der Waals surface area contributed by atoms with Crippen LogP contribution in [0.2, 0.25) is 5.02 Å². The van der Waals surface area contributed by atoms with Gasteiger partial charge in [0.05, 0.1) is 11.7 Å². The van der Waals surface area contributed by atoms with E-state index in [-0.39, 0.29) is 10.9 Å². The van der Waals surface area contributed by atoms with Crippen LogP contribution in [0.4, 0.5) is 5.69 Å². The van der Waals surface area contributed by atoms with E-state index < -0.39 is 10.0 Å². The lowest BCUT2D eigenvalue weighted by molar-refractivity contribution is 0.467. The molecule has 0 radical (unpaired) electrons. The van der Waals surface area contributed by atoms with Gasteiger partial charge in [-0.25, -0.2) is 8.42 Å². The van der Waals surface area contributed by atoms with Gasteiger partial charge in [0, 0.05) is 16.8 Å². The van der Waals surface area contributed by atoms with E-state index in [1.807, 2.05) is 35.0 Å². The highest BCUT2D eigenvalue weighted by molar-refractivity contribution is 7.92. The SMILES string of the molecule is Cc1c(Cl)cccc1NS(=O)(=O)c1cn(C2CCCC2)nc1-c1ccccc1. The Labute approximate surface area is 170 Å². The first-order valence-electron chi connectivity index (χ1n) is 9.38. The van der Waals surface area contributed by atoms with E-state index in [1.165, 1.54) is 0 Å². The number of hydrogen-bond acceptors (Lipinski definition) is 3. The molecule has 1 aliphatic rings. The highest BCUT2D eigenvalue weighted by atomic mass is 35.5. The van der Waals surface area contributed by atoms with Crippen molar-refractivity contribution in [1.29, 1.82) is 0 Å². The third kappa shape index (κ3) is 3.66. The molecule has 4 rings (SSSR count). The van der Waals surface area contributed by atoms with Crippen molar-refractivity contribution >= 4 is 27.3 Å². The summed E-state index contributed by atoms with van der Waals surface area (Å²) in [7, 11) is -3.83. The lowest BCUT2D eigenvalue weighted by atomic mass is 10.2. The summed E-state index contributed by atoms with van der Waals surface area (Å²) in [6.45, 7) is 1.79. The Morgan fingerprint density at radius 3 is 2.50 bits per heavy atom. The zero-order valence-corrected chi connectivity index (χ0v) is 17.2. The Balaban J connectivity index is 1.79. The fourth-order valence-electron chi connectivity index (χ4n) is 3.64. The highest BCUT2D eigenvalue weighted by Gasteiger charge is 2.27. The smallest absolute Gasteiger partial charge is 0.265 e. The number of halogens is 1. The summed E-state index contributed by atoms with van der Waals surface area (Å²) in [6.07, 6.45) is 6.01. The van der Waals surface area contributed by atoms with E-state index in [2.05, 4.69) is 9.82 Å². The molecule has 28 heavy (non-hydrogen) atoms. The van der Waals surface area contributed by atoms with Crippen LogP contribution in [0.5, 0.6) is 0 Å². The fourth-order valence-corrected chi connectivity index (χ4v) is 5.10. The van der Waals surface area contributed by atoms with Crippen molar-refractivity contribution < 1.29 is 8.42 Å². The molecule has 146 valence electrons. The van der Waals surface area contributed by atoms with Gasteiger partial charge in [-0.15, -0.1) is 0 Å². The molecule has 1 aliphatic carbocycles. The number of sulfonamides is 1. The number of nitrogens with zero attached hydrogens (tertiary/aromatic N) is 2. The Morgan fingerprint density at radius 2 is 1.79 bits per heavy atom. The van der Waals surface area contributed by atoms with Gasteiger partial charge in [-0.05, 0) is 37.5 Å². The Kier molecular flexibility index (Phi) is 5.17. The van der Waals surface area contributed by atoms with Crippen LogP contribution < -0.4 is 4.72 Å². The van der Waals surface area contributed by atoms with Crippen LogP contribution in [0.25, 0.3) is 11.3 Å². The molecule has 2 aromatic carbocycles. The van der Waals surface area contributed by atoms with Crippen LogP contribution in [0.1, 0.15) is 37.3 Å². The van der Waals surface area contributed by atoms with Gasteiger partial charge in [0.2, 0.25) is 0 Å². The Hall–Kier alpha value is -2.31. The first-order chi connectivity index (χ1) is 13.5. The molecule has 1 saturated carbocycles. The average molecular weight is 416 g/mol. The Bertz CT molecular complexity index is 1090. The maximum atomic E-state index is 13.3. The summed E-state index contributed by atoms with van der Waals surface area (Å²) in [5, 5.41) is 5.20. The van der Waals surface area contributed by atoms with Gasteiger partial charge in [-0.3, -0.25) is 9.40 Å². The quantitative estimate of drug-likeness (QED) is 0.604. The van der Waals surface area contributed by atoms with Crippen LogP contribution in [-0.2, 0) is 10.0 Å². The van der Waals surface area contributed by atoms with Crippen LogP contribution in [0, 0.1) is 6.92 Å². The standard InChI is InChI=1S/C21H22ClN3O2S/c1-15-18(22)12-7-13-19(15)24-28(26,27)20-14-25(17-10-5-6-11-17)23-21(20)16-8-3-2-4-9-16/h2-4,7-9,12-14,17,24H,5-6,10-11H2,1H3. The van der Waals surface area contributed by atoms with Crippen LogP contribution >= 0.6 is 11.6 Å². The predicted molar refractivity (Wildman–Crippen MR) is 112 cm³/mol. The molecule has 5 nitrogen and oxygen atoms in total. The molecular weight excluding hydrogens is 394 g/mol. The molecule has 1 fully saturated rings. The van der Waals surface area contributed by atoms with E-state index in [0.717, 1.165) is 31.2 Å². The topological polar surface area (TPSA) is 64.0 Å². The summed E-state index contributed by atoms with van der Waals surface area (Å²) >= 11 is 6.15.